The SMILES string of the molecule is CCOC(=O)C1CCCC(=O)N1C[C@@H](C)S(=O)(=O)N(CC[Si](C)(C)C)c1nnc(-c2ccc(C)o2)n1-c1c(OC)cccc1OC. The number of nitrogens with zero attached hydrogens (tertiary/aromatic N) is 5. The van der Waals surface area contributed by atoms with Crippen LogP contribution < -0.4 is 13.8 Å². The Balaban J connectivity index is 1.89. The molecule has 0 spiro atoms. The van der Waals surface area contributed by atoms with Crippen molar-refractivity contribution < 1.29 is 36.6 Å². The molecule has 1 unspecified atom stereocenters. The minimum absolute atomic E-state index is 0.0175. The summed E-state index contributed by atoms with van der Waals surface area (Å²) in [7, 11) is -3.00. The summed E-state index contributed by atoms with van der Waals surface area (Å²) in [5.74, 6) is 1.26. The lowest BCUT2D eigenvalue weighted by molar-refractivity contribution is -0.157. The van der Waals surface area contributed by atoms with E-state index in [4.69, 9.17) is 18.6 Å². The van der Waals surface area contributed by atoms with Crippen molar-refractivity contribution in [2.24, 2.45) is 0 Å². The molecule has 15 heteroatoms. The summed E-state index contributed by atoms with van der Waals surface area (Å²) in [6.07, 6.45) is 1.17. The second-order valence-corrected chi connectivity index (χ2v) is 20.4. The third-order valence-corrected chi connectivity index (χ3v) is 11.8. The molecule has 0 saturated carbocycles. The van der Waals surface area contributed by atoms with E-state index in [1.54, 1.807) is 55.7 Å². The average Bonchev–Trinajstić information content (AvgIpc) is 3.63. The summed E-state index contributed by atoms with van der Waals surface area (Å²) in [6, 6.07) is 8.52. The Hall–Kier alpha value is -3.85. The molecular formula is C31H45N5O8SSi. The zero-order chi connectivity index (χ0) is 33.8. The molecule has 2 atom stereocenters. The summed E-state index contributed by atoms with van der Waals surface area (Å²) in [4.78, 5) is 27.2. The number of anilines is 1. The number of rotatable bonds is 14. The van der Waals surface area contributed by atoms with Gasteiger partial charge in [0.25, 0.3) is 0 Å². The van der Waals surface area contributed by atoms with E-state index in [1.807, 2.05) is 0 Å². The molecule has 3 heterocycles. The van der Waals surface area contributed by atoms with Gasteiger partial charge in [-0.15, -0.1) is 10.2 Å². The summed E-state index contributed by atoms with van der Waals surface area (Å²) in [6.45, 7) is 11.6. The van der Waals surface area contributed by atoms with Gasteiger partial charge in [0.1, 0.15) is 29.0 Å². The average molecular weight is 676 g/mol. The Morgan fingerprint density at radius 1 is 1.13 bits per heavy atom. The van der Waals surface area contributed by atoms with Gasteiger partial charge in [-0.05, 0) is 63.9 Å². The minimum Gasteiger partial charge on any atom is -0.494 e. The number of furan rings is 1. The van der Waals surface area contributed by atoms with Crippen LogP contribution in [0.3, 0.4) is 0 Å². The van der Waals surface area contributed by atoms with Crippen LogP contribution in [0.15, 0.2) is 34.7 Å². The second kappa shape index (κ2) is 14.3. The van der Waals surface area contributed by atoms with Crippen LogP contribution in [0.5, 0.6) is 11.5 Å². The van der Waals surface area contributed by atoms with Crippen molar-refractivity contribution in [1.29, 1.82) is 0 Å². The summed E-state index contributed by atoms with van der Waals surface area (Å²) < 4.78 is 54.8. The lowest BCUT2D eigenvalue weighted by Gasteiger charge is -2.37. The van der Waals surface area contributed by atoms with Crippen molar-refractivity contribution in [2.75, 3.05) is 38.2 Å². The van der Waals surface area contributed by atoms with Gasteiger partial charge in [0.2, 0.25) is 27.7 Å². The molecule has 252 valence electrons. The molecule has 0 bridgehead atoms. The van der Waals surface area contributed by atoms with Crippen LogP contribution in [0.2, 0.25) is 25.7 Å². The standard InChI is InChI=1S/C31H45N5O8SSi/c1-9-43-30(38)23-12-10-15-27(37)34(23)20-22(3)45(39,40)35(18-19-46(6,7)8)31-33-32-29(26-17-16-21(2)44-26)36(31)28-24(41-4)13-11-14-25(28)42-5/h11,13-14,16-17,22-23H,9-10,12,15,18-20H2,1-8H3/t22-,23?/m1/s1. The van der Waals surface area contributed by atoms with Crippen molar-refractivity contribution in [1.82, 2.24) is 19.7 Å². The first-order valence-electron chi connectivity index (χ1n) is 15.4. The molecule has 1 amide bonds. The lowest BCUT2D eigenvalue weighted by Crippen LogP contribution is -2.53. The van der Waals surface area contributed by atoms with E-state index in [9.17, 15) is 18.0 Å². The zero-order valence-corrected chi connectivity index (χ0v) is 29.7. The highest BCUT2D eigenvalue weighted by molar-refractivity contribution is 7.93. The molecule has 1 saturated heterocycles. The Morgan fingerprint density at radius 2 is 1.80 bits per heavy atom. The number of amides is 1. The smallest absolute Gasteiger partial charge is 0.328 e. The molecule has 2 aromatic heterocycles. The third kappa shape index (κ3) is 7.41. The molecule has 0 radical (unpaired) electrons. The Morgan fingerprint density at radius 3 is 2.37 bits per heavy atom. The quantitative estimate of drug-likeness (QED) is 0.175. The number of para-hydroxylation sites is 1. The van der Waals surface area contributed by atoms with Gasteiger partial charge in [0.05, 0.1) is 26.1 Å². The van der Waals surface area contributed by atoms with Crippen LogP contribution >= 0.6 is 0 Å². The van der Waals surface area contributed by atoms with Crippen LogP contribution in [0, 0.1) is 6.92 Å². The number of benzene rings is 1. The lowest BCUT2D eigenvalue weighted by atomic mass is 10.0. The number of aryl methyl sites for hydroxylation is 1. The molecule has 13 nitrogen and oxygen atoms in total. The van der Waals surface area contributed by atoms with Gasteiger partial charge in [-0.3, -0.25) is 9.36 Å². The highest BCUT2D eigenvalue weighted by atomic mass is 32.2. The highest BCUT2D eigenvalue weighted by Gasteiger charge is 2.41. The number of hydrogen-bond acceptors (Lipinski definition) is 10. The fourth-order valence-electron chi connectivity index (χ4n) is 5.41. The first-order valence-corrected chi connectivity index (χ1v) is 20.7. The Bertz CT molecular complexity index is 1630. The number of piperidine rings is 1. The molecule has 1 aromatic carbocycles. The fraction of sp³-hybridized carbons (Fsp3) is 0.548. The van der Waals surface area contributed by atoms with E-state index in [0.717, 1.165) is 0 Å². The molecule has 1 aliphatic rings. The van der Waals surface area contributed by atoms with Gasteiger partial charge in [0.15, 0.2) is 5.76 Å². The number of methoxy groups -OCH3 is 2. The first-order chi connectivity index (χ1) is 21.7. The van der Waals surface area contributed by atoms with Crippen LogP contribution in [0.4, 0.5) is 5.95 Å². The van der Waals surface area contributed by atoms with E-state index in [0.29, 0.717) is 47.6 Å². The summed E-state index contributed by atoms with van der Waals surface area (Å²) in [5, 5.41) is 7.79. The van der Waals surface area contributed by atoms with E-state index < -0.39 is 35.4 Å². The number of esters is 1. The third-order valence-electron chi connectivity index (χ3n) is 7.91. The van der Waals surface area contributed by atoms with Crippen molar-refractivity contribution in [3.8, 4) is 28.8 Å². The van der Waals surface area contributed by atoms with E-state index >= 15 is 0 Å². The number of aromatic nitrogens is 3. The number of ether oxygens (including phenoxy) is 3. The van der Waals surface area contributed by atoms with Crippen molar-refractivity contribution in [2.45, 2.75) is 77.0 Å². The molecule has 0 aliphatic carbocycles. The van der Waals surface area contributed by atoms with Crippen LogP contribution in [-0.2, 0) is 24.3 Å². The molecular weight excluding hydrogens is 631 g/mol. The van der Waals surface area contributed by atoms with Crippen molar-refractivity contribution >= 4 is 35.9 Å². The number of hydrogen-bond donors (Lipinski definition) is 0. The van der Waals surface area contributed by atoms with E-state index in [-0.39, 0.29) is 43.8 Å². The van der Waals surface area contributed by atoms with Crippen molar-refractivity contribution in [3.63, 3.8) is 0 Å². The first kappa shape index (κ1) is 35.0. The number of carbonyl (C=O) groups is 2. The maximum absolute atomic E-state index is 14.7. The molecule has 1 aliphatic heterocycles. The van der Waals surface area contributed by atoms with Crippen molar-refractivity contribution in [3.05, 3.63) is 36.1 Å². The normalized spacial score (nSPS) is 16.3. The molecule has 1 fully saturated rings. The summed E-state index contributed by atoms with van der Waals surface area (Å²) in [5.41, 5.74) is 0.394. The maximum atomic E-state index is 14.7. The van der Waals surface area contributed by atoms with Gasteiger partial charge in [-0.1, -0.05) is 25.7 Å². The van der Waals surface area contributed by atoms with Gasteiger partial charge >= 0.3 is 5.97 Å². The monoisotopic (exact) mass is 675 g/mol. The molecule has 46 heavy (non-hydrogen) atoms. The topological polar surface area (TPSA) is 146 Å². The van der Waals surface area contributed by atoms with Crippen LogP contribution in [0.25, 0.3) is 17.3 Å². The molecule has 4 rings (SSSR count). The van der Waals surface area contributed by atoms with E-state index in [1.165, 1.54) is 23.4 Å². The van der Waals surface area contributed by atoms with Gasteiger partial charge in [-0.25, -0.2) is 17.5 Å². The van der Waals surface area contributed by atoms with E-state index in [2.05, 4.69) is 29.8 Å². The number of carbonyl (C=O) groups excluding carboxylic acids is 2. The Kier molecular flexibility index (Phi) is 10.9. The van der Waals surface area contributed by atoms with Crippen LogP contribution in [-0.4, -0.2) is 93.2 Å². The predicted octanol–water partition coefficient (Wildman–Crippen LogP) is 4.66. The van der Waals surface area contributed by atoms with Crippen LogP contribution in [0.1, 0.15) is 38.9 Å². The Labute approximate surface area is 271 Å². The zero-order valence-electron chi connectivity index (χ0n) is 27.9. The van der Waals surface area contributed by atoms with Gasteiger partial charge in [0, 0.05) is 27.6 Å². The molecule has 3 aromatic rings. The highest BCUT2D eigenvalue weighted by Crippen LogP contribution is 2.40. The number of likely N-dealkylation sites (tertiary alicyclic amines) is 1. The predicted molar refractivity (Wildman–Crippen MR) is 177 cm³/mol. The summed E-state index contributed by atoms with van der Waals surface area (Å²) >= 11 is 0. The molecule has 0 N–H and O–H groups in total. The number of sulfonamides is 1. The largest absolute Gasteiger partial charge is 0.494 e. The minimum atomic E-state index is -4.22. The van der Waals surface area contributed by atoms with Gasteiger partial charge < -0.3 is 23.5 Å². The fourth-order valence-corrected chi connectivity index (χ4v) is 7.94. The second-order valence-electron chi connectivity index (χ2n) is 12.5. The van der Waals surface area contributed by atoms with Gasteiger partial charge in [-0.2, -0.15) is 0 Å². The maximum Gasteiger partial charge on any atom is 0.328 e.